The summed E-state index contributed by atoms with van der Waals surface area (Å²) in [4.78, 5) is 4.54. The minimum Gasteiger partial charge on any atom is -0.344 e. The molecule has 0 saturated carbocycles. The van der Waals surface area contributed by atoms with E-state index in [2.05, 4.69) is 4.89 Å². The minimum absolute atomic E-state index is 0.324. The van der Waals surface area contributed by atoms with Crippen LogP contribution in [0.25, 0.3) is 0 Å². The van der Waals surface area contributed by atoms with E-state index in [9.17, 15) is 0 Å². The zero-order chi connectivity index (χ0) is 9.15. The van der Waals surface area contributed by atoms with Gasteiger partial charge in [0.05, 0.1) is 6.10 Å². The Morgan fingerprint density at radius 1 is 1.08 bits per heavy atom. The highest BCUT2D eigenvalue weighted by Gasteiger charge is 2.41. The molecule has 0 aromatic heterocycles. The van der Waals surface area contributed by atoms with E-state index in [0.29, 0.717) is 6.10 Å². The average Bonchev–Trinajstić information content (AvgIpc) is 2.60. The number of ether oxygens (including phenoxy) is 1. The molecule has 3 heteroatoms. The predicted molar refractivity (Wildman–Crippen MR) is 48.3 cm³/mol. The number of fused-ring (bicyclic) bond motifs is 2. The van der Waals surface area contributed by atoms with Crippen molar-refractivity contribution in [1.29, 1.82) is 0 Å². The Morgan fingerprint density at radius 3 is 2.77 bits per heavy atom. The molecule has 0 aliphatic carbocycles. The van der Waals surface area contributed by atoms with Gasteiger partial charge in [-0.3, -0.25) is 0 Å². The Bertz CT molecular complexity index is 170. The number of rotatable bonds is 1. The molecule has 2 aliphatic rings. The standard InChI is InChI=1S/C10H18O3/c11-13-10-7-4-2-1-3-5-9(12-10)6-8-10/h9,11H,1-8H2/t9-,10-/m0/s1. The van der Waals surface area contributed by atoms with Crippen molar-refractivity contribution < 1.29 is 14.9 Å². The number of hydrogen-bond acceptors (Lipinski definition) is 3. The molecule has 0 amide bonds. The minimum atomic E-state index is -0.644. The summed E-state index contributed by atoms with van der Waals surface area (Å²) in [5.41, 5.74) is 0. The Morgan fingerprint density at radius 2 is 1.92 bits per heavy atom. The summed E-state index contributed by atoms with van der Waals surface area (Å²) in [6.07, 6.45) is 9.09. The monoisotopic (exact) mass is 186 g/mol. The molecule has 0 radical (unpaired) electrons. The smallest absolute Gasteiger partial charge is 0.201 e. The maximum absolute atomic E-state index is 8.85. The molecule has 2 rings (SSSR count). The lowest BCUT2D eigenvalue weighted by atomic mass is 9.99. The number of hydrogen-bond donors (Lipinski definition) is 1. The fourth-order valence-corrected chi connectivity index (χ4v) is 2.42. The normalized spacial score (nSPS) is 40.8. The zero-order valence-electron chi connectivity index (χ0n) is 8.00. The average molecular weight is 186 g/mol. The summed E-state index contributed by atoms with van der Waals surface area (Å²) in [5.74, 6) is -0.644. The lowest BCUT2D eigenvalue weighted by Gasteiger charge is -2.24. The second-order valence-electron chi connectivity index (χ2n) is 4.23. The van der Waals surface area contributed by atoms with Crippen LogP contribution in [0.4, 0.5) is 0 Å². The van der Waals surface area contributed by atoms with E-state index in [1.165, 1.54) is 19.3 Å². The highest BCUT2D eigenvalue weighted by atomic mass is 17.1. The van der Waals surface area contributed by atoms with E-state index in [4.69, 9.17) is 9.99 Å². The van der Waals surface area contributed by atoms with Crippen LogP contribution in [0.3, 0.4) is 0 Å². The van der Waals surface area contributed by atoms with Gasteiger partial charge >= 0.3 is 0 Å². The molecule has 2 saturated heterocycles. The molecule has 2 atom stereocenters. The van der Waals surface area contributed by atoms with Crippen LogP contribution in [0.1, 0.15) is 51.4 Å². The Kier molecular flexibility index (Phi) is 2.86. The van der Waals surface area contributed by atoms with E-state index in [1.807, 2.05) is 0 Å². The largest absolute Gasteiger partial charge is 0.344 e. The van der Waals surface area contributed by atoms with Gasteiger partial charge in [-0.2, -0.15) is 0 Å². The summed E-state index contributed by atoms with van der Waals surface area (Å²) in [7, 11) is 0. The Labute approximate surface area is 79.0 Å². The van der Waals surface area contributed by atoms with Crippen LogP contribution >= 0.6 is 0 Å². The first kappa shape index (κ1) is 9.44. The van der Waals surface area contributed by atoms with Crippen LogP contribution in [0.2, 0.25) is 0 Å². The van der Waals surface area contributed by atoms with Crippen molar-refractivity contribution in [2.24, 2.45) is 0 Å². The summed E-state index contributed by atoms with van der Waals surface area (Å²) < 4.78 is 5.75. The molecule has 2 bridgehead atoms. The second-order valence-corrected chi connectivity index (χ2v) is 4.23. The molecule has 13 heavy (non-hydrogen) atoms. The van der Waals surface area contributed by atoms with Gasteiger partial charge in [-0.05, 0) is 19.3 Å². The molecular weight excluding hydrogens is 168 g/mol. The SMILES string of the molecule is OO[C@@]12CCCCCC[C@@H](CC1)O2. The highest BCUT2D eigenvalue weighted by Crippen LogP contribution is 2.38. The van der Waals surface area contributed by atoms with Crippen LogP contribution in [0, 0.1) is 0 Å². The third-order valence-corrected chi connectivity index (χ3v) is 3.23. The van der Waals surface area contributed by atoms with Gasteiger partial charge in [0.2, 0.25) is 5.79 Å². The topological polar surface area (TPSA) is 38.7 Å². The van der Waals surface area contributed by atoms with Gasteiger partial charge in [0, 0.05) is 12.8 Å². The zero-order valence-corrected chi connectivity index (χ0v) is 8.00. The van der Waals surface area contributed by atoms with Gasteiger partial charge in [0.15, 0.2) is 0 Å². The fourth-order valence-electron chi connectivity index (χ4n) is 2.42. The quantitative estimate of drug-likeness (QED) is 0.505. The predicted octanol–water partition coefficient (Wildman–Crippen LogP) is 2.71. The molecule has 2 aliphatic heterocycles. The van der Waals surface area contributed by atoms with E-state index in [-0.39, 0.29) is 0 Å². The second kappa shape index (κ2) is 3.95. The van der Waals surface area contributed by atoms with Crippen molar-refractivity contribution in [2.45, 2.75) is 63.3 Å². The van der Waals surface area contributed by atoms with Gasteiger partial charge in [0.1, 0.15) is 0 Å². The van der Waals surface area contributed by atoms with Crippen molar-refractivity contribution in [3.63, 3.8) is 0 Å². The van der Waals surface area contributed by atoms with Gasteiger partial charge in [-0.15, -0.1) is 0 Å². The van der Waals surface area contributed by atoms with Crippen LogP contribution in [-0.4, -0.2) is 17.1 Å². The maximum Gasteiger partial charge on any atom is 0.201 e. The molecule has 76 valence electrons. The van der Waals surface area contributed by atoms with Crippen molar-refractivity contribution in [2.75, 3.05) is 0 Å². The van der Waals surface area contributed by atoms with Crippen LogP contribution in [0.5, 0.6) is 0 Å². The van der Waals surface area contributed by atoms with Gasteiger partial charge in [-0.1, -0.05) is 19.3 Å². The first-order valence-electron chi connectivity index (χ1n) is 5.35. The summed E-state index contributed by atoms with van der Waals surface area (Å²) >= 11 is 0. The first-order chi connectivity index (χ1) is 6.35. The van der Waals surface area contributed by atoms with E-state index in [1.54, 1.807) is 0 Å². The Balaban J connectivity index is 2.01. The lowest BCUT2D eigenvalue weighted by molar-refractivity contribution is -0.399. The first-order valence-corrected chi connectivity index (χ1v) is 5.35. The molecule has 0 spiro atoms. The van der Waals surface area contributed by atoms with Crippen LogP contribution in [0.15, 0.2) is 0 Å². The van der Waals surface area contributed by atoms with Gasteiger partial charge in [-0.25, -0.2) is 10.1 Å². The molecule has 0 unspecified atom stereocenters. The van der Waals surface area contributed by atoms with Gasteiger partial charge < -0.3 is 4.74 Å². The molecule has 0 aromatic carbocycles. The third kappa shape index (κ3) is 2.03. The van der Waals surface area contributed by atoms with E-state index >= 15 is 0 Å². The summed E-state index contributed by atoms with van der Waals surface area (Å²) in [6.45, 7) is 0. The van der Waals surface area contributed by atoms with Crippen LogP contribution < -0.4 is 0 Å². The molecule has 2 heterocycles. The summed E-state index contributed by atoms with van der Waals surface area (Å²) in [5, 5.41) is 8.85. The van der Waals surface area contributed by atoms with Crippen molar-refractivity contribution in [3.8, 4) is 0 Å². The maximum atomic E-state index is 8.85. The molecule has 1 N–H and O–H groups in total. The highest BCUT2D eigenvalue weighted by molar-refractivity contribution is 4.81. The molecule has 3 nitrogen and oxygen atoms in total. The molecule has 0 aromatic rings. The lowest BCUT2D eigenvalue weighted by Crippen LogP contribution is -2.31. The van der Waals surface area contributed by atoms with E-state index < -0.39 is 5.79 Å². The van der Waals surface area contributed by atoms with Gasteiger partial charge in [0.25, 0.3) is 0 Å². The fraction of sp³-hybridized carbons (Fsp3) is 1.00. The van der Waals surface area contributed by atoms with E-state index in [0.717, 1.165) is 32.1 Å². The third-order valence-electron chi connectivity index (χ3n) is 3.23. The van der Waals surface area contributed by atoms with Crippen molar-refractivity contribution in [3.05, 3.63) is 0 Å². The van der Waals surface area contributed by atoms with Crippen molar-refractivity contribution in [1.82, 2.24) is 0 Å². The van der Waals surface area contributed by atoms with Crippen molar-refractivity contribution >= 4 is 0 Å². The molecular formula is C10H18O3. The summed E-state index contributed by atoms with van der Waals surface area (Å²) in [6, 6.07) is 0. The Hall–Kier alpha value is -0.120. The molecule has 2 fully saturated rings. The van der Waals surface area contributed by atoms with Crippen LogP contribution in [-0.2, 0) is 9.62 Å².